The molecule has 198 valence electrons. The van der Waals surface area contributed by atoms with E-state index in [1.54, 1.807) is 42.1 Å². The summed E-state index contributed by atoms with van der Waals surface area (Å²) in [6, 6.07) is 14.6. The summed E-state index contributed by atoms with van der Waals surface area (Å²) in [5.74, 6) is -0.852. The Labute approximate surface area is 221 Å². The van der Waals surface area contributed by atoms with E-state index in [9.17, 15) is 19.5 Å². The largest absolute Gasteiger partial charge is 0.480 e. The Balaban J connectivity index is 1.45. The van der Waals surface area contributed by atoms with Crippen LogP contribution in [0.15, 0.2) is 54.6 Å². The zero-order valence-electron chi connectivity index (χ0n) is 21.7. The minimum atomic E-state index is -0.971. The average Bonchev–Trinajstić information content (AvgIpc) is 3.06. The Hall–Kier alpha value is -3.08. The minimum Gasteiger partial charge on any atom is -0.480 e. The van der Waals surface area contributed by atoms with E-state index in [1.165, 1.54) is 0 Å². The first-order chi connectivity index (χ1) is 17.5. The molecule has 9 nitrogen and oxygen atoms in total. The predicted octanol–water partition coefficient (Wildman–Crippen LogP) is 3.24. The SMILES string of the molecule is C[C@@H](c1cccc(OC(=O)NC(C(=O)NC2CN3C2SC(C)(C)C3C(=O)O)c2ccccc2)c1)N(C)C. The van der Waals surface area contributed by atoms with Crippen LogP contribution < -0.4 is 15.4 Å². The lowest BCUT2D eigenvalue weighted by Crippen LogP contribution is -2.67. The van der Waals surface area contributed by atoms with Crippen molar-refractivity contribution in [1.82, 2.24) is 20.4 Å². The topological polar surface area (TPSA) is 111 Å². The average molecular weight is 527 g/mol. The summed E-state index contributed by atoms with van der Waals surface area (Å²) < 4.78 is 5.07. The van der Waals surface area contributed by atoms with Crippen LogP contribution in [0.25, 0.3) is 0 Å². The number of carbonyl (C=O) groups excluding carboxylic acids is 2. The summed E-state index contributed by atoms with van der Waals surface area (Å²) in [7, 11) is 3.95. The van der Waals surface area contributed by atoms with Crippen LogP contribution in [-0.2, 0) is 9.59 Å². The number of ether oxygens (including phenoxy) is 1. The van der Waals surface area contributed by atoms with E-state index in [2.05, 4.69) is 22.5 Å². The van der Waals surface area contributed by atoms with E-state index in [1.807, 2.05) is 57.1 Å². The van der Waals surface area contributed by atoms with Crippen LogP contribution in [0, 0.1) is 0 Å². The van der Waals surface area contributed by atoms with Gasteiger partial charge in [-0.05, 0) is 58.1 Å². The Morgan fingerprint density at radius 3 is 2.43 bits per heavy atom. The Kier molecular flexibility index (Phi) is 7.82. The molecule has 0 saturated carbocycles. The van der Waals surface area contributed by atoms with Gasteiger partial charge in [-0.15, -0.1) is 11.8 Å². The monoisotopic (exact) mass is 526 g/mol. The van der Waals surface area contributed by atoms with Gasteiger partial charge in [-0.3, -0.25) is 14.5 Å². The molecule has 0 aromatic heterocycles. The number of hydrogen-bond donors (Lipinski definition) is 3. The molecule has 5 atom stereocenters. The quantitative estimate of drug-likeness (QED) is 0.481. The van der Waals surface area contributed by atoms with Crippen molar-refractivity contribution < 1.29 is 24.2 Å². The van der Waals surface area contributed by atoms with Crippen molar-refractivity contribution >= 4 is 29.7 Å². The van der Waals surface area contributed by atoms with E-state index in [-0.39, 0.29) is 23.4 Å². The number of nitrogens with one attached hydrogen (secondary N) is 2. The standard InChI is InChI=1S/C27H34N4O5S/c1-16(30(4)5)18-12-9-13-19(14-18)36-26(35)29-21(17-10-7-6-8-11-17)23(32)28-20-15-31-22(25(33)34)27(2,3)37-24(20)31/h6-14,16,20-22,24H,15H2,1-5H3,(H,28,32)(H,29,35)(H,33,34)/t16-,20?,21?,22?,24?/m0/s1. The normalized spacial score (nSPS) is 23.9. The van der Waals surface area contributed by atoms with Gasteiger partial charge in [0.05, 0.1) is 11.4 Å². The van der Waals surface area contributed by atoms with Crippen LogP contribution >= 0.6 is 11.8 Å². The van der Waals surface area contributed by atoms with E-state index in [4.69, 9.17) is 4.74 Å². The van der Waals surface area contributed by atoms with Gasteiger partial charge in [-0.25, -0.2) is 4.79 Å². The van der Waals surface area contributed by atoms with Gasteiger partial charge < -0.3 is 25.4 Å². The molecule has 2 aliphatic heterocycles. The lowest BCUT2D eigenvalue weighted by atomic mass is 9.96. The third-order valence-corrected chi connectivity index (χ3v) is 8.71. The number of carbonyl (C=O) groups is 3. The molecule has 2 amide bonds. The Morgan fingerprint density at radius 1 is 1.11 bits per heavy atom. The number of fused-ring (bicyclic) bond motifs is 1. The summed E-state index contributed by atoms with van der Waals surface area (Å²) in [5.41, 5.74) is 1.62. The van der Waals surface area contributed by atoms with E-state index in [0.717, 1.165) is 5.56 Å². The van der Waals surface area contributed by atoms with Crippen molar-refractivity contribution in [3.05, 3.63) is 65.7 Å². The molecule has 37 heavy (non-hydrogen) atoms. The summed E-state index contributed by atoms with van der Waals surface area (Å²) in [6.45, 7) is 6.31. The maximum atomic E-state index is 13.4. The molecule has 0 radical (unpaired) electrons. The molecule has 3 N–H and O–H groups in total. The smallest absolute Gasteiger partial charge is 0.413 e. The third kappa shape index (κ3) is 5.76. The van der Waals surface area contributed by atoms with Crippen LogP contribution in [-0.4, -0.2) is 75.7 Å². The second-order valence-corrected chi connectivity index (χ2v) is 12.0. The number of hydrogen-bond acceptors (Lipinski definition) is 7. The zero-order chi connectivity index (χ0) is 26.9. The van der Waals surface area contributed by atoms with Crippen LogP contribution in [0.1, 0.15) is 44.0 Å². The molecule has 2 heterocycles. The van der Waals surface area contributed by atoms with Crippen molar-refractivity contribution in [2.24, 2.45) is 0 Å². The number of amides is 2. The highest BCUT2D eigenvalue weighted by Gasteiger charge is 2.59. The molecule has 4 unspecified atom stereocenters. The van der Waals surface area contributed by atoms with Gasteiger partial charge in [-0.2, -0.15) is 0 Å². The first kappa shape index (κ1) is 27.0. The van der Waals surface area contributed by atoms with Crippen molar-refractivity contribution in [2.75, 3.05) is 20.6 Å². The number of carboxylic acid groups (broad SMARTS) is 1. The highest BCUT2D eigenvalue weighted by Crippen LogP contribution is 2.50. The Morgan fingerprint density at radius 2 is 1.78 bits per heavy atom. The van der Waals surface area contributed by atoms with Gasteiger partial charge in [0.15, 0.2) is 0 Å². The fourth-order valence-electron chi connectivity index (χ4n) is 4.85. The number of thioether (sulfide) groups is 1. The number of aliphatic carboxylic acids is 1. The first-order valence-corrected chi connectivity index (χ1v) is 13.1. The summed E-state index contributed by atoms with van der Waals surface area (Å²) in [4.78, 5) is 42.0. The summed E-state index contributed by atoms with van der Waals surface area (Å²) in [5, 5.41) is 15.3. The second kappa shape index (κ2) is 10.7. The van der Waals surface area contributed by atoms with Crippen molar-refractivity contribution in [2.45, 2.75) is 55.1 Å². The maximum absolute atomic E-state index is 13.4. The molecule has 10 heteroatoms. The maximum Gasteiger partial charge on any atom is 0.413 e. The molecule has 0 bridgehead atoms. The Bertz CT molecular complexity index is 1160. The number of rotatable bonds is 8. The van der Waals surface area contributed by atoms with Gasteiger partial charge in [0, 0.05) is 17.3 Å². The van der Waals surface area contributed by atoms with Gasteiger partial charge >= 0.3 is 12.1 Å². The molecule has 2 saturated heterocycles. The van der Waals surface area contributed by atoms with E-state index < -0.39 is 28.9 Å². The molecule has 2 aromatic rings. The third-order valence-electron chi connectivity index (χ3n) is 7.04. The van der Waals surface area contributed by atoms with E-state index in [0.29, 0.717) is 17.9 Å². The molecule has 2 aromatic carbocycles. The molecule has 2 fully saturated rings. The zero-order valence-corrected chi connectivity index (χ0v) is 22.5. The number of benzene rings is 2. The van der Waals surface area contributed by atoms with Gasteiger partial charge in [0.1, 0.15) is 17.8 Å². The van der Waals surface area contributed by atoms with Gasteiger partial charge in [0.2, 0.25) is 5.91 Å². The molecule has 4 rings (SSSR count). The molecule has 2 aliphatic rings. The lowest BCUT2D eigenvalue weighted by Gasteiger charge is -2.45. The first-order valence-electron chi connectivity index (χ1n) is 12.2. The lowest BCUT2D eigenvalue weighted by molar-refractivity contribution is -0.146. The predicted molar refractivity (Wildman–Crippen MR) is 142 cm³/mol. The van der Waals surface area contributed by atoms with Crippen LogP contribution in [0.4, 0.5) is 4.79 Å². The van der Waals surface area contributed by atoms with Gasteiger partial charge in [-0.1, -0.05) is 42.5 Å². The highest BCUT2D eigenvalue weighted by atomic mass is 32.2. The van der Waals surface area contributed by atoms with E-state index >= 15 is 0 Å². The van der Waals surface area contributed by atoms with Crippen molar-refractivity contribution in [3.63, 3.8) is 0 Å². The fraction of sp³-hybridized carbons (Fsp3) is 0.444. The number of carboxylic acids is 1. The summed E-state index contributed by atoms with van der Waals surface area (Å²) >= 11 is 1.55. The minimum absolute atomic E-state index is 0.134. The second-order valence-electron chi connectivity index (χ2n) is 10.3. The van der Waals surface area contributed by atoms with Crippen LogP contribution in [0.5, 0.6) is 5.75 Å². The highest BCUT2D eigenvalue weighted by molar-refractivity contribution is 8.01. The fourth-order valence-corrected chi connectivity index (χ4v) is 6.50. The van der Waals surface area contributed by atoms with Crippen molar-refractivity contribution in [3.8, 4) is 5.75 Å². The molecule has 0 aliphatic carbocycles. The molecular formula is C27H34N4O5S. The van der Waals surface area contributed by atoms with Crippen LogP contribution in [0.2, 0.25) is 0 Å². The summed E-state index contributed by atoms with van der Waals surface area (Å²) in [6.07, 6.45) is -0.740. The molecule has 0 spiro atoms. The molecular weight excluding hydrogens is 492 g/mol. The van der Waals surface area contributed by atoms with Gasteiger partial charge in [0.25, 0.3) is 0 Å². The number of nitrogens with zero attached hydrogens (tertiary/aromatic N) is 2. The van der Waals surface area contributed by atoms with Crippen molar-refractivity contribution in [1.29, 1.82) is 0 Å². The van der Waals surface area contributed by atoms with Crippen LogP contribution in [0.3, 0.4) is 0 Å².